The van der Waals surface area contributed by atoms with Crippen LogP contribution >= 0.6 is 23.2 Å². The van der Waals surface area contributed by atoms with Crippen LogP contribution in [0.4, 0.5) is 0 Å². The molecule has 0 atom stereocenters. The first-order valence-electron chi connectivity index (χ1n) is 6.55. The minimum Gasteiger partial charge on any atom is -0.497 e. The molecule has 0 fully saturated rings. The van der Waals surface area contributed by atoms with E-state index in [0.29, 0.717) is 12.4 Å². The van der Waals surface area contributed by atoms with Crippen LogP contribution in [-0.4, -0.2) is 16.7 Å². The van der Waals surface area contributed by atoms with E-state index in [-0.39, 0.29) is 0 Å². The fourth-order valence-corrected chi connectivity index (χ4v) is 2.67. The van der Waals surface area contributed by atoms with Crippen LogP contribution < -0.4 is 4.74 Å². The lowest BCUT2D eigenvalue weighted by Gasteiger charge is -2.08. The Bertz CT molecular complexity index is 766. The van der Waals surface area contributed by atoms with Gasteiger partial charge in [-0.05, 0) is 29.8 Å². The Hall–Kier alpha value is -1.71. The van der Waals surface area contributed by atoms with E-state index in [1.807, 2.05) is 42.5 Å². The molecule has 5 heteroatoms. The summed E-state index contributed by atoms with van der Waals surface area (Å²) in [5.74, 6) is 2.00. The SMILES string of the molecule is COc1ccc2c(c1)nc(CCl)n2Cc1ccc(Cl)cc1. The molecule has 0 aliphatic rings. The van der Waals surface area contributed by atoms with Gasteiger partial charge in [0.1, 0.15) is 11.6 Å². The van der Waals surface area contributed by atoms with Crippen molar-refractivity contribution in [3.63, 3.8) is 0 Å². The molecule has 0 spiro atoms. The van der Waals surface area contributed by atoms with E-state index < -0.39 is 0 Å². The molecule has 0 amide bonds. The maximum absolute atomic E-state index is 6.03. The molecule has 0 unspecified atom stereocenters. The molecule has 0 aliphatic heterocycles. The standard InChI is InChI=1S/C16H14Cl2N2O/c1-21-13-6-7-15-14(8-13)19-16(9-17)20(15)10-11-2-4-12(18)5-3-11/h2-8H,9-10H2,1H3. The van der Waals surface area contributed by atoms with E-state index in [0.717, 1.165) is 33.2 Å². The highest BCUT2D eigenvalue weighted by Crippen LogP contribution is 2.24. The monoisotopic (exact) mass is 320 g/mol. The van der Waals surface area contributed by atoms with Gasteiger partial charge in [-0.1, -0.05) is 23.7 Å². The number of hydrogen-bond donors (Lipinski definition) is 0. The predicted molar refractivity (Wildman–Crippen MR) is 86.4 cm³/mol. The van der Waals surface area contributed by atoms with Crippen molar-refractivity contribution in [3.8, 4) is 5.75 Å². The summed E-state index contributed by atoms with van der Waals surface area (Å²) in [7, 11) is 1.65. The molecule has 1 heterocycles. The van der Waals surface area contributed by atoms with Gasteiger partial charge in [-0.2, -0.15) is 0 Å². The quantitative estimate of drug-likeness (QED) is 0.662. The Kier molecular flexibility index (Phi) is 4.04. The number of halogens is 2. The van der Waals surface area contributed by atoms with E-state index in [4.69, 9.17) is 27.9 Å². The van der Waals surface area contributed by atoms with E-state index in [2.05, 4.69) is 9.55 Å². The van der Waals surface area contributed by atoms with Gasteiger partial charge < -0.3 is 9.30 Å². The molecular weight excluding hydrogens is 307 g/mol. The zero-order valence-corrected chi connectivity index (χ0v) is 13.0. The highest BCUT2D eigenvalue weighted by Gasteiger charge is 2.11. The summed E-state index contributed by atoms with van der Waals surface area (Å²) in [6.07, 6.45) is 0. The summed E-state index contributed by atoms with van der Waals surface area (Å²) >= 11 is 12.0. The number of aromatic nitrogens is 2. The fraction of sp³-hybridized carbons (Fsp3) is 0.188. The number of imidazole rings is 1. The average Bonchev–Trinajstić information content (AvgIpc) is 2.86. The van der Waals surface area contributed by atoms with Gasteiger partial charge in [0, 0.05) is 17.6 Å². The molecule has 0 aliphatic carbocycles. The number of benzene rings is 2. The second-order valence-corrected chi connectivity index (χ2v) is 5.43. The molecule has 0 saturated heterocycles. The molecule has 0 bridgehead atoms. The Morgan fingerprint density at radius 3 is 2.57 bits per heavy atom. The Morgan fingerprint density at radius 1 is 1.14 bits per heavy atom. The van der Waals surface area contributed by atoms with Gasteiger partial charge in [-0.3, -0.25) is 0 Å². The van der Waals surface area contributed by atoms with E-state index in [1.165, 1.54) is 0 Å². The Labute approximate surface area is 133 Å². The molecule has 0 saturated carbocycles. The van der Waals surface area contributed by atoms with Gasteiger partial charge in [0.2, 0.25) is 0 Å². The van der Waals surface area contributed by atoms with Crippen LogP contribution in [-0.2, 0) is 12.4 Å². The third-order valence-corrected chi connectivity index (χ3v) is 3.90. The summed E-state index contributed by atoms with van der Waals surface area (Å²) in [5, 5.41) is 0.733. The largest absolute Gasteiger partial charge is 0.497 e. The molecule has 0 N–H and O–H groups in total. The van der Waals surface area contributed by atoms with Crippen molar-refractivity contribution in [2.75, 3.05) is 7.11 Å². The Morgan fingerprint density at radius 2 is 1.90 bits per heavy atom. The van der Waals surface area contributed by atoms with Crippen LogP contribution in [0.1, 0.15) is 11.4 Å². The first-order chi connectivity index (χ1) is 10.2. The molecule has 3 nitrogen and oxygen atoms in total. The van der Waals surface area contributed by atoms with Gasteiger partial charge in [-0.15, -0.1) is 11.6 Å². The van der Waals surface area contributed by atoms with Crippen molar-refractivity contribution in [2.24, 2.45) is 0 Å². The normalized spacial score (nSPS) is 11.0. The zero-order valence-electron chi connectivity index (χ0n) is 11.5. The number of nitrogens with zero attached hydrogens (tertiary/aromatic N) is 2. The molecule has 1 aromatic heterocycles. The summed E-state index contributed by atoms with van der Waals surface area (Å²) in [6, 6.07) is 13.7. The van der Waals surface area contributed by atoms with Crippen molar-refractivity contribution < 1.29 is 4.74 Å². The topological polar surface area (TPSA) is 27.1 Å². The van der Waals surface area contributed by atoms with E-state index >= 15 is 0 Å². The van der Waals surface area contributed by atoms with Gasteiger partial charge in [0.15, 0.2) is 0 Å². The number of hydrogen-bond acceptors (Lipinski definition) is 2. The second-order valence-electron chi connectivity index (χ2n) is 4.73. The highest BCUT2D eigenvalue weighted by molar-refractivity contribution is 6.30. The van der Waals surface area contributed by atoms with Crippen molar-refractivity contribution in [3.05, 3.63) is 58.9 Å². The maximum Gasteiger partial charge on any atom is 0.125 e. The van der Waals surface area contributed by atoms with Gasteiger partial charge in [0.25, 0.3) is 0 Å². The predicted octanol–water partition coefficient (Wildman–Crippen LogP) is 4.49. The van der Waals surface area contributed by atoms with Gasteiger partial charge in [0.05, 0.1) is 24.0 Å². The third kappa shape index (κ3) is 2.85. The minimum atomic E-state index is 0.366. The van der Waals surface area contributed by atoms with Gasteiger partial charge >= 0.3 is 0 Å². The Balaban J connectivity index is 2.05. The number of ether oxygens (including phenoxy) is 1. The lowest BCUT2D eigenvalue weighted by molar-refractivity contribution is 0.415. The van der Waals surface area contributed by atoms with Crippen molar-refractivity contribution >= 4 is 34.2 Å². The number of rotatable bonds is 4. The molecule has 3 rings (SSSR count). The molecule has 21 heavy (non-hydrogen) atoms. The van der Waals surface area contributed by atoms with E-state index in [9.17, 15) is 0 Å². The van der Waals surface area contributed by atoms with Crippen LogP contribution in [0.15, 0.2) is 42.5 Å². The van der Waals surface area contributed by atoms with Crippen molar-refractivity contribution in [2.45, 2.75) is 12.4 Å². The van der Waals surface area contributed by atoms with Crippen LogP contribution in [0.5, 0.6) is 5.75 Å². The third-order valence-electron chi connectivity index (χ3n) is 3.41. The lowest BCUT2D eigenvalue weighted by Crippen LogP contribution is -2.03. The average molecular weight is 321 g/mol. The van der Waals surface area contributed by atoms with Crippen LogP contribution in [0, 0.1) is 0 Å². The smallest absolute Gasteiger partial charge is 0.125 e. The molecule has 2 aromatic carbocycles. The van der Waals surface area contributed by atoms with Crippen LogP contribution in [0.3, 0.4) is 0 Å². The van der Waals surface area contributed by atoms with Crippen LogP contribution in [0.25, 0.3) is 11.0 Å². The fourth-order valence-electron chi connectivity index (χ4n) is 2.34. The first-order valence-corrected chi connectivity index (χ1v) is 7.46. The number of fused-ring (bicyclic) bond motifs is 1. The molecule has 3 aromatic rings. The molecule has 108 valence electrons. The van der Waals surface area contributed by atoms with E-state index in [1.54, 1.807) is 7.11 Å². The molecule has 0 radical (unpaired) electrons. The second kappa shape index (κ2) is 5.96. The number of methoxy groups -OCH3 is 1. The highest BCUT2D eigenvalue weighted by atomic mass is 35.5. The summed E-state index contributed by atoms with van der Waals surface area (Å²) in [5.41, 5.74) is 3.08. The summed E-state index contributed by atoms with van der Waals surface area (Å²) < 4.78 is 7.36. The summed E-state index contributed by atoms with van der Waals surface area (Å²) in [6.45, 7) is 0.710. The number of alkyl halides is 1. The molecular formula is C16H14Cl2N2O. The maximum atomic E-state index is 6.03. The lowest BCUT2D eigenvalue weighted by atomic mass is 10.2. The first kappa shape index (κ1) is 14.2. The van der Waals surface area contributed by atoms with Gasteiger partial charge in [-0.25, -0.2) is 4.98 Å². The van der Waals surface area contributed by atoms with Crippen LogP contribution in [0.2, 0.25) is 5.02 Å². The van der Waals surface area contributed by atoms with Crippen molar-refractivity contribution in [1.82, 2.24) is 9.55 Å². The van der Waals surface area contributed by atoms with Crippen molar-refractivity contribution in [1.29, 1.82) is 0 Å². The zero-order chi connectivity index (χ0) is 14.8. The minimum absolute atomic E-state index is 0.366. The summed E-state index contributed by atoms with van der Waals surface area (Å²) in [4.78, 5) is 4.58.